The minimum Gasteiger partial charge on any atom is -0.463 e. The van der Waals surface area contributed by atoms with E-state index in [1.165, 1.54) is 11.8 Å². The molecule has 1 atom stereocenters. The summed E-state index contributed by atoms with van der Waals surface area (Å²) in [6, 6.07) is 3.63. The number of fused-ring (bicyclic) bond motifs is 1. The Morgan fingerprint density at radius 3 is 2.85 bits per heavy atom. The van der Waals surface area contributed by atoms with Crippen LogP contribution < -0.4 is 10.9 Å². The third kappa shape index (κ3) is 3.90. The number of hydrogen-bond donors (Lipinski definition) is 2. The first-order valence-electron chi connectivity index (χ1n) is 8.88. The standard InChI is InChI=1S/C19H22N4O3S/c1-4-9-27-19-22-16-15(17(24)23-19)14(12-7-6-8-20-10-12)13(11(3)21-16)18(25)26-5-2/h6-8,10,14H,4-5,9H2,1-3H3,(H2,21,22,23,24)/t14-/m0/s1. The SMILES string of the molecule is CCCSc1nc2c(c(=O)[nH]1)[C@@H](c1cccnc1)C(C(=O)OCC)=C(C)N2. The van der Waals surface area contributed by atoms with Crippen LogP contribution in [-0.2, 0) is 9.53 Å². The molecule has 2 aromatic rings. The number of ether oxygens (including phenoxy) is 1. The zero-order valence-electron chi connectivity index (χ0n) is 15.5. The molecular formula is C19H22N4O3S. The fraction of sp³-hybridized carbons (Fsp3) is 0.368. The number of allylic oxidation sites excluding steroid dienone is 1. The summed E-state index contributed by atoms with van der Waals surface area (Å²) in [6.45, 7) is 5.87. The van der Waals surface area contributed by atoms with Crippen LogP contribution in [0.4, 0.5) is 5.82 Å². The first-order chi connectivity index (χ1) is 13.1. The molecule has 3 heterocycles. The molecule has 0 aromatic carbocycles. The van der Waals surface area contributed by atoms with Gasteiger partial charge in [-0.15, -0.1) is 0 Å². The molecule has 0 fully saturated rings. The van der Waals surface area contributed by atoms with Crippen LogP contribution >= 0.6 is 11.8 Å². The molecule has 1 aliphatic rings. The highest BCUT2D eigenvalue weighted by atomic mass is 32.2. The third-order valence-electron chi connectivity index (χ3n) is 4.18. The average Bonchev–Trinajstić information content (AvgIpc) is 2.66. The van der Waals surface area contributed by atoms with Crippen LogP contribution in [0.2, 0.25) is 0 Å². The van der Waals surface area contributed by atoms with Crippen molar-refractivity contribution in [1.29, 1.82) is 0 Å². The summed E-state index contributed by atoms with van der Waals surface area (Å²) in [5, 5.41) is 3.68. The van der Waals surface area contributed by atoms with Crippen molar-refractivity contribution in [2.24, 2.45) is 0 Å². The van der Waals surface area contributed by atoms with Crippen LogP contribution in [0.5, 0.6) is 0 Å². The molecule has 0 spiro atoms. The van der Waals surface area contributed by atoms with Crippen molar-refractivity contribution in [3.05, 3.63) is 57.3 Å². The number of H-pyrrole nitrogens is 1. The van der Waals surface area contributed by atoms with E-state index in [4.69, 9.17) is 4.74 Å². The van der Waals surface area contributed by atoms with Gasteiger partial charge < -0.3 is 15.0 Å². The summed E-state index contributed by atoms with van der Waals surface area (Å²) in [5.41, 5.74) is 1.90. The summed E-state index contributed by atoms with van der Waals surface area (Å²) in [4.78, 5) is 37.1. The lowest BCUT2D eigenvalue weighted by Gasteiger charge is -2.28. The number of carbonyl (C=O) groups is 1. The van der Waals surface area contributed by atoms with Crippen molar-refractivity contribution >= 4 is 23.5 Å². The molecule has 0 bridgehead atoms. The summed E-state index contributed by atoms with van der Waals surface area (Å²) >= 11 is 1.49. The van der Waals surface area contributed by atoms with Gasteiger partial charge in [0.15, 0.2) is 5.16 Å². The molecule has 2 N–H and O–H groups in total. The summed E-state index contributed by atoms with van der Waals surface area (Å²) in [6.07, 6.45) is 4.29. The number of aromatic nitrogens is 3. The quantitative estimate of drug-likeness (QED) is 0.447. The smallest absolute Gasteiger partial charge is 0.336 e. The molecule has 0 unspecified atom stereocenters. The Kier molecular flexibility index (Phi) is 5.95. The predicted molar refractivity (Wildman–Crippen MR) is 105 cm³/mol. The summed E-state index contributed by atoms with van der Waals surface area (Å²) in [7, 11) is 0. The van der Waals surface area contributed by atoms with E-state index in [0.29, 0.717) is 27.8 Å². The maximum atomic E-state index is 12.9. The van der Waals surface area contributed by atoms with E-state index in [1.54, 1.807) is 32.3 Å². The van der Waals surface area contributed by atoms with Gasteiger partial charge in [0.2, 0.25) is 0 Å². The van der Waals surface area contributed by atoms with Gasteiger partial charge in [0.1, 0.15) is 5.82 Å². The Balaban J connectivity index is 2.17. The fourth-order valence-corrected chi connectivity index (χ4v) is 3.78. The van der Waals surface area contributed by atoms with Crippen LogP contribution in [0.15, 0.2) is 45.7 Å². The highest BCUT2D eigenvalue weighted by Gasteiger charge is 2.36. The normalized spacial score (nSPS) is 15.9. The Bertz CT molecular complexity index is 924. The number of aromatic amines is 1. The molecule has 0 saturated carbocycles. The van der Waals surface area contributed by atoms with Crippen LogP contribution in [0.1, 0.15) is 44.2 Å². The van der Waals surface area contributed by atoms with Crippen LogP contribution in [0.25, 0.3) is 0 Å². The van der Waals surface area contributed by atoms with E-state index in [1.807, 2.05) is 6.07 Å². The molecule has 3 rings (SSSR count). The zero-order valence-corrected chi connectivity index (χ0v) is 16.4. The average molecular weight is 386 g/mol. The summed E-state index contributed by atoms with van der Waals surface area (Å²) < 4.78 is 5.24. The monoisotopic (exact) mass is 386 g/mol. The fourth-order valence-electron chi connectivity index (χ4n) is 3.06. The Hall–Kier alpha value is -2.61. The number of nitrogens with zero attached hydrogens (tertiary/aromatic N) is 2. The Labute approximate surface area is 161 Å². The number of pyridine rings is 1. The number of thioether (sulfide) groups is 1. The van der Waals surface area contributed by atoms with E-state index in [0.717, 1.165) is 17.7 Å². The number of anilines is 1. The van der Waals surface area contributed by atoms with Gasteiger partial charge in [-0.3, -0.25) is 9.78 Å². The van der Waals surface area contributed by atoms with E-state index in [2.05, 4.69) is 27.2 Å². The molecule has 0 radical (unpaired) electrons. The van der Waals surface area contributed by atoms with Crippen molar-refractivity contribution in [2.75, 3.05) is 17.7 Å². The van der Waals surface area contributed by atoms with Gasteiger partial charge in [-0.25, -0.2) is 9.78 Å². The lowest BCUT2D eigenvalue weighted by Crippen LogP contribution is -2.31. The van der Waals surface area contributed by atoms with Gasteiger partial charge in [-0.1, -0.05) is 24.8 Å². The maximum absolute atomic E-state index is 12.9. The maximum Gasteiger partial charge on any atom is 0.336 e. The highest BCUT2D eigenvalue weighted by Crippen LogP contribution is 2.39. The second kappa shape index (κ2) is 8.39. The van der Waals surface area contributed by atoms with E-state index in [-0.39, 0.29) is 12.2 Å². The minimum atomic E-state index is -0.588. The number of rotatable bonds is 6. The lowest BCUT2D eigenvalue weighted by atomic mass is 9.83. The van der Waals surface area contributed by atoms with Crippen molar-refractivity contribution in [3.8, 4) is 0 Å². The lowest BCUT2D eigenvalue weighted by molar-refractivity contribution is -0.138. The van der Waals surface area contributed by atoms with Crippen LogP contribution in [0, 0.1) is 0 Å². The van der Waals surface area contributed by atoms with Gasteiger partial charge in [-0.2, -0.15) is 0 Å². The molecule has 142 valence electrons. The molecule has 0 saturated heterocycles. The first kappa shape index (κ1) is 19.2. The number of esters is 1. The van der Waals surface area contributed by atoms with Gasteiger partial charge in [-0.05, 0) is 31.9 Å². The second-order valence-electron chi connectivity index (χ2n) is 6.09. The van der Waals surface area contributed by atoms with Gasteiger partial charge in [0.25, 0.3) is 5.56 Å². The van der Waals surface area contributed by atoms with Gasteiger partial charge in [0, 0.05) is 23.8 Å². The topological polar surface area (TPSA) is 97.0 Å². The van der Waals surface area contributed by atoms with Gasteiger partial charge in [0.05, 0.1) is 23.7 Å². The third-order valence-corrected chi connectivity index (χ3v) is 5.26. The highest BCUT2D eigenvalue weighted by molar-refractivity contribution is 7.99. The number of nitrogens with one attached hydrogen (secondary N) is 2. The Morgan fingerprint density at radius 1 is 1.37 bits per heavy atom. The summed E-state index contributed by atoms with van der Waals surface area (Å²) in [5.74, 6) is 0.287. The largest absolute Gasteiger partial charge is 0.463 e. The second-order valence-corrected chi connectivity index (χ2v) is 7.17. The van der Waals surface area contributed by atoms with E-state index < -0.39 is 11.9 Å². The minimum absolute atomic E-state index is 0.253. The molecule has 0 aliphatic carbocycles. The molecule has 0 amide bonds. The van der Waals surface area contributed by atoms with Crippen LogP contribution in [-0.4, -0.2) is 33.3 Å². The molecular weight excluding hydrogens is 364 g/mol. The van der Waals surface area contributed by atoms with Crippen molar-refractivity contribution in [2.45, 2.75) is 38.3 Å². The van der Waals surface area contributed by atoms with Crippen molar-refractivity contribution in [3.63, 3.8) is 0 Å². The van der Waals surface area contributed by atoms with Crippen LogP contribution in [0.3, 0.4) is 0 Å². The molecule has 1 aliphatic heterocycles. The molecule has 7 nitrogen and oxygen atoms in total. The van der Waals surface area contributed by atoms with Crippen molar-refractivity contribution < 1.29 is 9.53 Å². The van der Waals surface area contributed by atoms with E-state index in [9.17, 15) is 9.59 Å². The predicted octanol–water partition coefficient (Wildman–Crippen LogP) is 3.06. The van der Waals surface area contributed by atoms with E-state index >= 15 is 0 Å². The molecule has 2 aromatic heterocycles. The number of carbonyl (C=O) groups excluding carboxylic acids is 1. The van der Waals surface area contributed by atoms with Crippen molar-refractivity contribution in [1.82, 2.24) is 15.0 Å². The zero-order chi connectivity index (χ0) is 19.4. The number of hydrogen-bond acceptors (Lipinski definition) is 7. The first-order valence-corrected chi connectivity index (χ1v) is 9.87. The Morgan fingerprint density at radius 2 is 2.19 bits per heavy atom. The molecule has 27 heavy (non-hydrogen) atoms. The van der Waals surface area contributed by atoms with Gasteiger partial charge >= 0.3 is 5.97 Å². The molecule has 8 heteroatoms.